The predicted molar refractivity (Wildman–Crippen MR) is 73.5 cm³/mol. The number of hydrazine groups is 1. The van der Waals surface area contributed by atoms with E-state index in [1.165, 1.54) is 17.7 Å². The highest BCUT2D eigenvalue weighted by molar-refractivity contribution is 7.98. The van der Waals surface area contributed by atoms with E-state index >= 15 is 0 Å². The molecule has 2 nitrogen and oxygen atoms in total. The fourth-order valence-corrected chi connectivity index (χ4v) is 2.29. The molecular weight excluding hydrogens is 216 g/mol. The maximum Gasteiger partial charge on any atom is 0.0218 e. The number of hydrogen-bond acceptors (Lipinski definition) is 3. The average molecular weight is 238 g/mol. The van der Waals surface area contributed by atoms with Gasteiger partial charge in [0.1, 0.15) is 0 Å². The zero-order valence-electron chi connectivity index (χ0n) is 9.99. The molecule has 0 aliphatic rings. The van der Waals surface area contributed by atoms with E-state index in [1.54, 1.807) is 0 Å². The van der Waals surface area contributed by atoms with Crippen LogP contribution >= 0.6 is 11.8 Å². The van der Waals surface area contributed by atoms with E-state index in [4.69, 9.17) is 5.84 Å². The Kier molecular flexibility index (Phi) is 7.30. The van der Waals surface area contributed by atoms with E-state index in [9.17, 15) is 0 Å². The standard InChI is InChI=1S/C13H22N2S/c1-16-11-10-13(15-14)9-5-8-12-6-3-2-4-7-12/h2-4,6-7,13,15H,5,8-11,14H2,1H3. The molecular formula is C13H22N2S. The van der Waals surface area contributed by atoms with Crippen LogP contribution in [0.4, 0.5) is 0 Å². The Balaban J connectivity index is 2.18. The van der Waals surface area contributed by atoms with Crippen LogP contribution in [0.25, 0.3) is 0 Å². The number of rotatable bonds is 8. The maximum atomic E-state index is 5.53. The van der Waals surface area contributed by atoms with E-state index in [0.29, 0.717) is 6.04 Å². The van der Waals surface area contributed by atoms with Crippen molar-refractivity contribution in [3.8, 4) is 0 Å². The molecule has 3 heteroatoms. The zero-order chi connectivity index (χ0) is 11.6. The largest absolute Gasteiger partial charge is 0.271 e. The quantitative estimate of drug-likeness (QED) is 0.540. The normalized spacial score (nSPS) is 12.6. The predicted octanol–water partition coefficient (Wildman–Crippen LogP) is 2.59. The fraction of sp³-hybridized carbons (Fsp3) is 0.538. The van der Waals surface area contributed by atoms with Crippen molar-refractivity contribution < 1.29 is 0 Å². The molecule has 1 atom stereocenters. The summed E-state index contributed by atoms with van der Waals surface area (Å²) in [6, 6.07) is 11.1. The minimum absolute atomic E-state index is 0.469. The topological polar surface area (TPSA) is 38.0 Å². The van der Waals surface area contributed by atoms with Crippen LogP contribution < -0.4 is 11.3 Å². The van der Waals surface area contributed by atoms with Gasteiger partial charge in [0.15, 0.2) is 0 Å². The molecule has 0 amide bonds. The third kappa shape index (κ3) is 5.54. The lowest BCUT2D eigenvalue weighted by molar-refractivity contribution is 0.470. The van der Waals surface area contributed by atoms with Crippen LogP contribution in [0.1, 0.15) is 24.8 Å². The molecule has 0 radical (unpaired) electrons. The van der Waals surface area contributed by atoms with Gasteiger partial charge in [0, 0.05) is 6.04 Å². The van der Waals surface area contributed by atoms with Gasteiger partial charge >= 0.3 is 0 Å². The number of nitrogens with two attached hydrogens (primary N) is 1. The smallest absolute Gasteiger partial charge is 0.0218 e. The Labute approximate surface area is 103 Å². The van der Waals surface area contributed by atoms with Crippen LogP contribution in [-0.2, 0) is 6.42 Å². The first kappa shape index (κ1) is 13.6. The van der Waals surface area contributed by atoms with E-state index in [0.717, 1.165) is 19.3 Å². The summed E-state index contributed by atoms with van der Waals surface area (Å²) in [5.41, 5.74) is 4.33. The van der Waals surface area contributed by atoms with Crippen LogP contribution in [0.15, 0.2) is 30.3 Å². The number of aryl methyl sites for hydroxylation is 1. The molecule has 1 rings (SSSR count). The Bertz CT molecular complexity index is 264. The highest BCUT2D eigenvalue weighted by Gasteiger charge is 2.05. The Hall–Kier alpha value is -0.510. The van der Waals surface area contributed by atoms with Gasteiger partial charge in [-0.15, -0.1) is 0 Å². The molecule has 0 aliphatic carbocycles. The van der Waals surface area contributed by atoms with Gasteiger partial charge in [-0.2, -0.15) is 11.8 Å². The van der Waals surface area contributed by atoms with E-state index in [1.807, 2.05) is 11.8 Å². The van der Waals surface area contributed by atoms with Crippen molar-refractivity contribution in [3.05, 3.63) is 35.9 Å². The van der Waals surface area contributed by atoms with Crippen molar-refractivity contribution in [2.75, 3.05) is 12.0 Å². The number of nitrogens with one attached hydrogen (secondary N) is 1. The molecule has 3 N–H and O–H groups in total. The van der Waals surface area contributed by atoms with Gasteiger partial charge < -0.3 is 0 Å². The van der Waals surface area contributed by atoms with Crippen molar-refractivity contribution in [3.63, 3.8) is 0 Å². The first-order valence-electron chi connectivity index (χ1n) is 5.86. The molecule has 0 aromatic heterocycles. The third-order valence-corrected chi connectivity index (χ3v) is 3.41. The molecule has 1 aromatic rings. The fourth-order valence-electron chi connectivity index (χ4n) is 1.77. The maximum absolute atomic E-state index is 5.53. The number of benzene rings is 1. The van der Waals surface area contributed by atoms with E-state index in [-0.39, 0.29) is 0 Å². The summed E-state index contributed by atoms with van der Waals surface area (Å²) in [6.07, 6.45) is 6.81. The lowest BCUT2D eigenvalue weighted by atomic mass is 10.0. The summed E-state index contributed by atoms with van der Waals surface area (Å²) < 4.78 is 0. The van der Waals surface area contributed by atoms with Gasteiger partial charge in [0.2, 0.25) is 0 Å². The third-order valence-electron chi connectivity index (χ3n) is 2.77. The second-order valence-electron chi connectivity index (χ2n) is 4.02. The zero-order valence-corrected chi connectivity index (χ0v) is 10.8. The SMILES string of the molecule is CSCCC(CCCc1ccccc1)NN. The van der Waals surface area contributed by atoms with Gasteiger partial charge in [-0.25, -0.2) is 0 Å². The molecule has 0 aliphatic heterocycles. The Morgan fingerprint density at radius 2 is 2.00 bits per heavy atom. The van der Waals surface area contributed by atoms with E-state index in [2.05, 4.69) is 42.0 Å². The van der Waals surface area contributed by atoms with Crippen LogP contribution in [0.2, 0.25) is 0 Å². The molecule has 16 heavy (non-hydrogen) atoms. The van der Waals surface area contributed by atoms with Gasteiger partial charge in [-0.3, -0.25) is 11.3 Å². The van der Waals surface area contributed by atoms with Gasteiger partial charge in [-0.05, 0) is 43.3 Å². The summed E-state index contributed by atoms with van der Waals surface area (Å²) in [6.45, 7) is 0. The highest BCUT2D eigenvalue weighted by Crippen LogP contribution is 2.09. The summed E-state index contributed by atoms with van der Waals surface area (Å²) in [4.78, 5) is 0. The Morgan fingerprint density at radius 1 is 1.25 bits per heavy atom. The van der Waals surface area contributed by atoms with Gasteiger partial charge in [-0.1, -0.05) is 30.3 Å². The minimum atomic E-state index is 0.469. The lowest BCUT2D eigenvalue weighted by Gasteiger charge is -2.14. The second kappa shape index (κ2) is 8.62. The lowest BCUT2D eigenvalue weighted by Crippen LogP contribution is -2.35. The van der Waals surface area contributed by atoms with Crippen molar-refractivity contribution in [1.29, 1.82) is 0 Å². The molecule has 0 bridgehead atoms. The molecule has 90 valence electrons. The summed E-state index contributed by atoms with van der Waals surface area (Å²) in [5.74, 6) is 6.71. The first-order chi connectivity index (χ1) is 7.86. The molecule has 1 unspecified atom stereocenters. The molecule has 0 heterocycles. The molecule has 0 spiro atoms. The highest BCUT2D eigenvalue weighted by atomic mass is 32.2. The second-order valence-corrected chi connectivity index (χ2v) is 5.01. The van der Waals surface area contributed by atoms with Crippen LogP contribution in [-0.4, -0.2) is 18.1 Å². The molecule has 1 aromatic carbocycles. The molecule has 0 fully saturated rings. The monoisotopic (exact) mass is 238 g/mol. The molecule has 0 saturated heterocycles. The summed E-state index contributed by atoms with van der Waals surface area (Å²) >= 11 is 1.88. The van der Waals surface area contributed by atoms with Crippen LogP contribution in [0.5, 0.6) is 0 Å². The van der Waals surface area contributed by atoms with Gasteiger partial charge in [0.25, 0.3) is 0 Å². The minimum Gasteiger partial charge on any atom is -0.271 e. The van der Waals surface area contributed by atoms with Crippen molar-refractivity contribution in [1.82, 2.24) is 5.43 Å². The van der Waals surface area contributed by atoms with Gasteiger partial charge in [0.05, 0.1) is 0 Å². The molecule has 0 saturated carbocycles. The first-order valence-corrected chi connectivity index (χ1v) is 7.25. The van der Waals surface area contributed by atoms with Crippen LogP contribution in [0, 0.1) is 0 Å². The van der Waals surface area contributed by atoms with Crippen molar-refractivity contribution in [2.24, 2.45) is 5.84 Å². The Morgan fingerprint density at radius 3 is 2.62 bits per heavy atom. The van der Waals surface area contributed by atoms with Crippen LogP contribution in [0.3, 0.4) is 0 Å². The van der Waals surface area contributed by atoms with E-state index < -0.39 is 0 Å². The number of hydrogen-bond donors (Lipinski definition) is 2. The van der Waals surface area contributed by atoms with Crippen molar-refractivity contribution >= 4 is 11.8 Å². The summed E-state index contributed by atoms with van der Waals surface area (Å²) in [7, 11) is 0. The summed E-state index contributed by atoms with van der Waals surface area (Å²) in [5, 5.41) is 0. The average Bonchev–Trinajstić information content (AvgIpc) is 2.35. The number of thioether (sulfide) groups is 1. The van der Waals surface area contributed by atoms with Crippen molar-refractivity contribution in [2.45, 2.75) is 31.7 Å².